The Labute approximate surface area is 460 Å². The van der Waals surface area contributed by atoms with E-state index in [0.717, 1.165) is 51.0 Å². The van der Waals surface area contributed by atoms with E-state index in [4.69, 9.17) is 9.72 Å². The highest BCUT2D eigenvalue weighted by atomic mass is 16.5. The third kappa shape index (κ3) is 8.44. The molecule has 384 valence electrons. The van der Waals surface area contributed by atoms with Crippen molar-refractivity contribution in [1.82, 2.24) is 9.55 Å². The minimum Gasteiger partial charge on any atom is -0.457 e. The summed E-state index contributed by atoms with van der Waals surface area (Å²) in [6.07, 6.45) is 1.95. The molecule has 5 nitrogen and oxygen atoms in total. The van der Waals surface area contributed by atoms with Crippen molar-refractivity contribution in [3.8, 4) is 50.7 Å². The predicted octanol–water partition coefficient (Wildman–Crippen LogP) is 19.6. The van der Waals surface area contributed by atoms with Crippen LogP contribution in [-0.2, 0) is 16.2 Å². The monoisotopic (exact) mass is 1010 g/mol. The number of aromatic nitrogens is 2. The summed E-state index contributed by atoms with van der Waals surface area (Å²) in [6, 6.07) is 78.3. The van der Waals surface area contributed by atoms with Gasteiger partial charge in [0.25, 0.3) is 0 Å². The van der Waals surface area contributed by atoms with Crippen molar-refractivity contribution in [3.05, 3.63) is 252 Å². The fourth-order valence-corrected chi connectivity index (χ4v) is 12.2. The van der Waals surface area contributed by atoms with Crippen LogP contribution in [0.5, 0.6) is 11.5 Å². The maximum absolute atomic E-state index is 7.61. The van der Waals surface area contributed by atoms with Gasteiger partial charge in [-0.3, -0.25) is 4.57 Å². The Kier molecular flexibility index (Phi) is 11.6. The minimum absolute atomic E-state index is 0.0128. The molecule has 78 heavy (non-hydrogen) atoms. The van der Waals surface area contributed by atoms with Gasteiger partial charge in [-0.05, 0) is 127 Å². The van der Waals surface area contributed by atoms with Crippen LogP contribution < -0.4 is 14.5 Å². The number of hydrogen-bond donors (Lipinski definition) is 0. The van der Waals surface area contributed by atoms with Crippen molar-refractivity contribution in [1.29, 1.82) is 0 Å². The van der Waals surface area contributed by atoms with Crippen molar-refractivity contribution >= 4 is 44.6 Å². The van der Waals surface area contributed by atoms with Crippen molar-refractivity contribution < 1.29 is 4.74 Å². The number of hydrogen-bond acceptors (Lipinski definition) is 4. The van der Waals surface area contributed by atoms with Crippen molar-refractivity contribution in [2.24, 2.45) is 0 Å². The molecule has 0 N–H and O–H groups in total. The number of pyridine rings is 1. The molecule has 11 aromatic rings. The Bertz CT molecular complexity index is 4000. The zero-order valence-corrected chi connectivity index (χ0v) is 46.3. The minimum atomic E-state index is -0.259. The van der Waals surface area contributed by atoms with E-state index in [0.29, 0.717) is 6.67 Å². The molecule has 2 aliphatic rings. The van der Waals surface area contributed by atoms with Crippen LogP contribution in [0, 0.1) is 0 Å². The van der Waals surface area contributed by atoms with Gasteiger partial charge < -0.3 is 14.5 Å². The molecule has 2 aromatic heterocycles. The quantitative estimate of drug-likeness (QED) is 0.152. The van der Waals surface area contributed by atoms with Crippen LogP contribution in [0.15, 0.2) is 219 Å². The van der Waals surface area contributed by atoms with Crippen LogP contribution in [0.2, 0.25) is 0 Å². The van der Waals surface area contributed by atoms with Crippen LogP contribution in [0.4, 0.5) is 22.7 Å². The normalized spacial score (nSPS) is 13.6. The smallest absolute Gasteiger partial charge is 0.137 e. The van der Waals surface area contributed by atoms with E-state index in [9.17, 15) is 0 Å². The maximum atomic E-state index is 7.61. The second kappa shape index (κ2) is 18.5. The summed E-state index contributed by atoms with van der Waals surface area (Å²) >= 11 is 0. The van der Waals surface area contributed by atoms with Gasteiger partial charge in [-0.25, -0.2) is 4.98 Å². The molecule has 0 fully saturated rings. The van der Waals surface area contributed by atoms with E-state index < -0.39 is 0 Å². The van der Waals surface area contributed by atoms with Gasteiger partial charge in [-0.1, -0.05) is 202 Å². The van der Waals surface area contributed by atoms with E-state index >= 15 is 0 Å². The lowest BCUT2D eigenvalue weighted by Crippen LogP contribution is -2.25. The number of fused-ring (bicyclic) bond motifs is 7. The first-order valence-electron chi connectivity index (χ1n) is 27.6. The lowest BCUT2D eigenvalue weighted by molar-refractivity contribution is 0.455. The van der Waals surface area contributed by atoms with Gasteiger partial charge >= 0.3 is 0 Å². The third-order valence-corrected chi connectivity index (χ3v) is 16.2. The first kappa shape index (κ1) is 48.9. The van der Waals surface area contributed by atoms with Gasteiger partial charge in [0.15, 0.2) is 0 Å². The summed E-state index contributed by atoms with van der Waals surface area (Å²) in [6.45, 7) is 21.2. The molecule has 13 rings (SSSR count). The zero-order valence-electron chi connectivity index (χ0n) is 46.3. The topological polar surface area (TPSA) is 33.5 Å². The summed E-state index contributed by atoms with van der Waals surface area (Å²) in [5.41, 5.74) is 21.1. The molecular weight excluding hydrogens is 949 g/mol. The van der Waals surface area contributed by atoms with Gasteiger partial charge in [0.1, 0.15) is 24.0 Å². The average molecular weight is 1020 g/mol. The number of rotatable bonds is 8. The van der Waals surface area contributed by atoms with Crippen LogP contribution in [0.25, 0.3) is 61.0 Å². The van der Waals surface area contributed by atoms with Gasteiger partial charge in [0.05, 0.1) is 28.1 Å². The van der Waals surface area contributed by atoms with E-state index in [1.165, 1.54) is 77.7 Å². The molecule has 0 saturated heterocycles. The van der Waals surface area contributed by atoms with Gasteiger partial charge in [0, 0.05) is 57.4 Å². The Morgan fingerprint density at radius 3 is 1.63 bits per heavy atom. The highest BCUT2D eigenvalue weighted by Gasteiger charge is 2.36. The molecule has 0 unspecified atom stereocenters. The summed E-state index contributed by atoms with van der Waals surface area (Å²) < 4.78 is 9.93. The third-order valence-electron chi connectivity index (χ3n) is 16.2. The molecule has 0 atom stereocenters. The van der Waals surface area contributed by atoms with Crippen LogP contribution >= 0.6 is 0 Å². The molecule has 0 radical (unpaired) electrons. The van der Waals surface area contributed by atoms with E-state index in [2.05, 4.69) is 289 Å². The second-order valence-electron chi connectivity index (χ2n) is 24.5. The largest absolute Gasteiger partial charge is 0.457 e. The highest BCUT2D eigenvalue weighted by molar-refractivity contribution is 6.10. The first-order chi connectivity index (χ1) is 37.6. The van der Waals surface area contributed by atoms with Crippen LogP contribution in [-0.4, -0.2) is 16.2 Å². The summed E-state index contributed by atoms with van der Waals surface area (Å²) in [5, 5.41) is 2.36. The predicted molar refractivity (Wildman–Crippen MR) is 327 cm³/mol. The zero-order chi connectivity index (χ0) is 53.7. The Balaban J connectivity index is 1.03. The first-order valence-corrected chi connectivity index (χ1v) is 27.6. The Morgan fingerprint density at radius 1 is 0.449 bits per heavy atom. The molecular formula is C73H66N4O. The van der Waals surface area contributed by atoms with Crippen molar-refractivity contribution in [3.63, 3.8) is 0 Å². The summed E-state index contributed by atoms with van der Waals surface area (Å²) in [7, 11) is 0. The van der Waals surface area contributed by atoms with E-state index in [1.807, 2.05) is 6.20 Å². The van der Waals surface area contributed by atoms with E-state index in [-0.39, 0.29) is 22.2 Å². The Hall–Kier alpha value is -8.67. The van der Waals surface area contributed by atoms with Gasteiger partial charge in [-0.2, -0.15) is 0 Å². The molecule has 0 bridgehead atoms. The standard InChI is InChI=1S/C73H66N4O/c1-71(2,3)50-36-37-74-68(42-50)77-63-33-21-20-30-56(63)61-44-62(73(7,8)9)67(45-66(61)77)78-53-39-49(69-57-31-18-16-28-54(57)55-29-17-19-32-58(55)69)38-52(43-53)75-46-76(65-35-23-22-34-64(65)75)70-59(47-24-12-10-13-25-47)40-51(72(4,5)6)41-60(70)48-26-14-11-15-27-48/h10-45,69H,46H2,1-9H3. The lowest BCUT2D eigenvalue weighted by atomic mass is 9.82. The summed E-state index contributed by atoms with van der Waals surface area (Å²) in [4.78, 5) is 10.1. The molecule has 5 heteroatoms. The molecule has 0 spiro atoms. The number of ether oxygens (including phenoxy) is 1. The molecule has 1 aliphatic heterocycles. The molecule has 1 aliphatic carbocycles. The number of nitrogens with zero attached hydrogens (tertiary/aromatic N) is 4. The molecule has 3 heterocycles. The van der Waals surface area contributed by atoms with Crippen molar-refractivity contribution in [2.75, 3.05) is 16.5 Å². The maximum Gasteiger partial charge on any atom is 0.137 e. The van der Waals surface area contributed by atoms with Crippen LogP contribution in [0.3, 0.4) is 0 Å². The fourth-order valence-electron chi connectivity index (χ4n) is 12.2. The van der Waals surface area contributed by atoms with E-state index in [1.54, 1.807) is 0 Å². The number of benzene rings is 9. The Morgan fingerprint density at radius 2 is 1.01 bits per heavy atom. The highest BCUT2D eigenvalue weighted by Crippen LogP contribution is 2.54. The molecule has 0 saturated carbocycles. The SMILES string of the molecule is CC(C)(C)c1ccnc(-n2c3ccccc3c3cc(C(C)(C)C)c(Oc4cc(C5c6ccccc6-c6ccccc65)cc(N5CN(c6c(-c7ccccc7)cc(C(C)(C)C)cc6-c6ccccc6)c6ccccc65)c4)cc32)c1. The molecule has 0 amide bonds. The second-order valence-corrected chi connectivity index (χ2v) is 24.5. The van der Waals surface area contributed by atoms with Gasteiger partial charge in [0.2, 0.25) is 0 Å². The lowest BCUT2D eigenvalue weighted by Gasteiger charge is -2.30. The fraction of sp³-hybridized carbons (Fsp3) is 0.192. The average Bonchev–Trinajstić information content (AvgIpc) is 4.23. The van der Waals surface area contributed by atoms with Crippen molar-refractivity contribution in [2.45, 2.75) is 84.5 Å². The number of anilines is 4. The number of para-hydroxylation sites is 3. The summed E-state index contributed by atoms with van der Waals surface area (Å²) in [5.74, 6) is 2.48. The molecule has 9 aromatic carbocycles. The van der Waals surface area contributed by atoms with Crippen LogP contribution in [0.1, 0.15) is 102 Å². The van der Waals surface area contributed by atoms with Gasteiger partial charge in [-0.15, -0.1) is 0 Å².